The van der Waals surface area contributed by atoms with Gasteiger partial charge in [-0.15, -0.1) is 0 Å². The van der Waals surface area contributed by atoms with Crippen LogP contribution in [0.4, 0.5) is 5.69 Å². The molecule has 0 bridgehead atoms. The van der Waals surface area contributed by atoms with Crippen LogP contribution in [-0.4, -0.2) is 17.6 Å². The zero-order chi connectivity index (χ0) is 11.4. The van der Waals surface area contributed by atoms with E-state index in [0.717, 1.165) is 28.7 Å². The average Bonchev–Trinajstić information content (AvgIpc) is 2.18. The van der Waals surface area contributed by atoms with Crippen molar-refractivity contribution < 1.29 is 9.90 Å². The van der Waals surface area contributed by atoms with E-state index in [1.807, 2.05) is 13.0 Å². The summed E-state index contributed by atoms with van der Waals surface area (Å²) >= 11 is 3.30. The maximum absolute atomic E-state index is 11.0. The standard InChI is InChI=1S/C11H14BrNO2/c1-3-4-13-10-6-8(12)5-9(7(10)2)11(14)15/h5-6,13H,3-4H2,1-2H3,(H,14,15). The molecule has 0 atom stereocenters. The van der Waals surface area contributed by atoms with Gasteiger partial charge in [-0.2, -0.15) is 0 Å². The zero-order valence-electron chi connectivity index (χ0n) is 8.80. The highest BCUT2D eigenvalue weighted by molar-refractivity contribution is 9.10. The van der Waals surface area contributed by atoms with Gasteiger partial charge in [0.1, 0.15) is 0 Å². The van der Waals surface area contributed by atoms with Gasteiger partial charge < -0.3 is 10.4 Å². The molecule has 82 valence electrons. The monoisotopic (exact) mass is 271 g/mol. The van der Waals surface area contributed by atoms with Gasteiger partial charge in [0.05, 0.1) is 5.56 Å². The molecule has 0 heterocycles. The van der Waals surface area contributed by atoms with Crippen molar-refractivity contribution in [3.63, 3.8) is 0 Å². The van der Waals surface area contributed by atoms with Crippen LogP contribution >= 0.6 is 15.9 Å². The Morgan fingerprint density at radius 2 is 2.20 bits per heavy atom. The molecule has 0 saturated carbocycles. The fourth-order valence-electron chi connectivity index (χ4n) is 1.34. The molecular weight excluding hydrogens is 258 g/mol. The quantitative estimate of drug-likeness (QED) is 0.884. The summed E-state index contributed by atoms with van der Waals surface area (Å²) in [7, 11) is 0. The van der Waals surface area contributed by atoms with Crippen LogP contribution in [0.5, 0.6) is 0 Å². The van der Waals surface area contributed by atoms with Gasteiger partial charge in [0.25, 0.3) is 0 Å². The highest BCUT2D eigenvalue weighted by Crippen LogP contribution is 2.25. The second-order valence-electron chi connectivity index (χ2n) is 3.36. The Balaban J connectivity index is 3.10. The molecule has 0 amide bonds. The third-order valence-electron chi connectivity index (χ3n) is 2.17. The van der Waals surface area contributed by atoms with Crippen molar-refractivity contribution in [3.05, 3.63) is 27.7 Å². The van der Waals surface area contributed by atoms with E-state index in [2.05, 4.69) is 28.2 Å². The summed E-state index contributed by atoms with van der Waals surface area (Å²) < 4.78 is 0.782. The van der Waals surface area contributed by atoms with Crippen molar-refractivity contribution in [2.75, 3.05) is 11.9 Å². The van der Waals surface area contributed by atoms with Gasteiger partial charge in [-0.25, -0.2) is 4.79 Å². The summed E-state index contributed by atoms with van der Waals surface area (Å²) in [6.45, 7) is 4.72. The summed E-state index contributed by atoms with van der Waals surface area (Å²) in [6, 6.07) is 3.52. The molecule has 0 saturated heterocycles. The number of anilines is 1. The van der Waals surface area contributed by atoms with Crippen LogP contribution in [0.15, 0.2) is 16.6 Å². The Morgan fingerprint density at radius 3 is 2.73 bits per heavy atom. The number of benzene rings is 1. The average molecular weight is 272 g/mol. The summed E-state index contributed by atoms with van der Waals surface area (Å²) in [5, 5.41) is 12.2. The van der Waals surface area contributed by atoms with Gasteiger partial charge in [0.15, 0.2) is 0 Å². The number of nitrogens with one attached hydrogen (secondary N) is 1. The molecule has 1 aromatic rings. The molecular formula is C11H14BrNO2. The third-order valence-corrected chi connectivity index (χ3v) is 2.63. The fraction of sp³-hybridized carbons (Fsp3) is 0.364. The van der Waals surface area contributed by atoms with Crippen LogP contribution < -0.4 is 5.32 Å². The van der Waals surface area contributed by atoms with Crippen molar-refractivity contribution in [2.45, 2.75) is 20.3 Å². The van der Waals surface area contributed by atoms with Crippen LogP contribution in [0.1, 0.15) is 29.3 Å². The molecule has 15 heavy (non-hydrogen) atoms. The van der Waals surface area contributed by atoms with Crippen molar-refractivity contribution >= 4 is 27.6 Å². The normalized spacial score (nSPS) is 10.1. The molecule has 3 nitrogen and oxygen atoms in total. The van der Waals surface area contributed by atoms with E-state index in [1.54, 1.807) is 6.07 Å². The Hall–Kier alpha value is -1.03. The maximum Gasteiger partial charge on any atom is 0.336 e. The first-order chi connectivity index (χ1) is 7.06. The molecule has 0 unspecified atom stereocenters. The Kier molecular flexibility index (Phi) is 4.15. The maximum atomic E-state index is 11.0. The van der Waals surface area contributed by atoms with Crippen LogP contribution in [-0.2, 0) is 0 Å². The van der Waals surface area contributed by atoms with Gasteiger partial charge in [0, 0.05) is 16.7 Å². The minimum Gasteiger partial charge on any atom is -0.478 e. The van der Waals surface area contributed by atoms with E-state index >= 15 is 0 Å². The fourth-order valence-corrected chi connectivity index (χ4v) is 1.80. The summed E-state index contributed by atoms with van der Waals surface area (Å²) in [5.74, 6) is -0.895. The SMILES string of the molecule is CCCNc1cc(Br)cc(C(=O)O)c1C. The van der Waals surface area contributed by atoms with E-state index in [-0.39, 0.29) is 0 Å². The van der Waals surface area contributed by atoms with Gasteiger partial charge in [0.2, 0.25) is 0 Å². The lowest BCUT2D eigenvalue weighted by molar-refractivity contribution is 0.0696. The predicted molar refractivity (Wildman–Crippen MR) is 64.6 cm³/mol. The predicted octanol–water partition coefficient (Wildman–Crippen LogP) is 3.28. The van der Waals surface area contributed by atoms with E-state index in [9.17, 15) is 4.79 Å². The summed E-state index contributed by atoms with van der Waals surface area (Å²) in [4.78, 5) is 11.0. The van der Waals surface area contributed by atoms with Crippen LogP contribution in [0, 0.1) is 6.92 Å². The lowest BCUT2D eigenvalue weighted by Gasteiger charge is -2.11. The molecule has 4 heteroatoms. The van der Waals surface area contributed by atoms with Crippen molar-refractivity contribution in [1.29, 1.82) is 0 Å². The minimum atomic E-state index is -0.895. The van der Waals surface area contributed by atoms with Gasteiger partial charge in [-0.3, -0.25) is 0 Å². The molecule has 0 aliphatic carbocycles. The smallest absolute Gasteiger partial charge is 0.336 e. The largest absolute Gasteiger partial charge is 0.478 e. The molecule has 1 aromatic carbocycles. The molecule has 2 N–H and O–H groups in total. The molecule has 0 radical (unpaired) electrons. The van der Waals surface area contributed by atoms with Crippen molar-refractivity contribution in [2.24, 2.45) is 0 Å². The topological polar surface area (TPSA) is 49.3 Å². The number of carboxylic acid groups (broad SMARTS) is 1. The number of aromatic carboxylic acids is 1. The Bertz CT molecular complexity index is 377. The minimum absolute atomic E-state index is 0.336. The Morgan fingerprint density at radius 1 is 1.53 bits per heavy atom. The van der Waals surface area contributed by atoms with Crippen LogP contribution in [0.25, 0.3) is 0 Å². The van der Waals surface area contributed by atoms with Crippen molar-refractivity contribution in [1.82, 2.24) is 0 Å². The van der Waals surface area contributed by atoms with Gasteiger partial charge in [-0.05, 0) is 31.0 Å². The summed E-state index contributed by atoms with van der Waals surface area (Å²) in [6.07, 6.45) is 1.01. The van der Waals surface area contributed by atoms with Crippen LogP contribution in [0.3, 0.4) is 0 Å². The number of hydrogen-bond acceptors (Lipinski definition) is 2. The number of halogens is 1. The van der Waals surface area contributed by atoms with E-state index in [4.69, 9.17) is 5.11 Å². The highest BCUT2D eigenvalue weighted by atomic mass is 79.9. The first-order valence-electron chi connectivity index (χ1n) is 4.83. The molecule has 1 rings (SSSR count). The molecule has 0 aliphatic heterocycles. The molecule has 0 aliphatic rings. The van der Waals surface area contributed by atoms with Gasteiger partial charge >= 0.3 is 5.97 Å². The van der Waals surface area contributed by atoms with Crippen LogP contribution in [0.2, 0.25) is 0 Å². The molecule has 0 fully saturated rings. The number of carboxylic acids is 1. The third kappa shape index (κ3) is 2.96. The second kappa shape index (κ2) is 5.16. The van der Waals surface area contributed by atoms with E-state index in [0.29, 0.717) is 5.56 Å². The Labute approximate surface area is 97.6 Å². The number of hydrogen-bond donors (Lipinski definition) is 2. The van der Waals surface area contributed by atoms with E-state index < -0.39 is 5.97 Å². The van der Waals surface area contributed by atoms with E-state index in [1.165, 1.54) is 0 Å². The first kappa shape index (κ1) is 12.0. The number of carbonyl (C=O) groups is 1. The number of rotatable bonds is 4. The van der Waals surface area contributed by atoms with Gasteiger partial charge in [-0.1, -0.05) is 22.9 Å². The lowest BCUT2D eigenvalue weighted by atomic mass is 10.1. The molecule has 0 aromatic heterocycles. The lowest BCUT2D eigenvalue weighted by Crippen LogP contribution is -2.06. The molecule has 0 spiro atoms. The second-order valence-corrected chi connectivity index (χ2v) is 4.27. The zero-order valence-corrected chi connectivity index (χ0v) is 10.4. The summed E-state index contributed by atoms with van der Waals surface area (Å²) in [5.41, 5.74) is 1.99. The highest BCUT2D eigenvalue weighted by Gasteiger charge is 2.11. The van der Waals surface area contributed by atoms with Crippen molar-refractivity contribution in [3.8, 4) is 0 Å². The first-order valence-corrected chi connectivity index (χ1v) is 5.63.